The molecule has 0 aliphatic carbocycles. The molecule has 6 heteroatoms. The summed E-state index contributed by atoms with van der Waals surface area (Å²) >= 11 is 0. The summed E-state index contributed by atoms with van der Waals surface area (Å²) in [7, 11) is 0. The van der Waals surface area contributed by atoms with E-state index in [9.17, 15) is 4.39 Å². The molecular weight excluding hydrogens is 341 g/mol. The van der Waals surface area contributed by atoms with Gasteiger partial charge in [0.1, 0.15) is 17.2 Å². The number of hydrogen-bond donors (Lipinski definition) is 0. The number of halogens is 1. The molecule has 0 bridgehead atoms. The first-order chi connectivity index (χ1) is 13.2. The first kappa shape index (κ1) is 18.1. The smallest absolute Gasteiger partial charge is 0.161 e. The molecule has 0 fully saturated rings. The Bertz CT molecular complexity index is 988. The molecule has 3 aromatic rings. The highest BCUT2D eigenvalue weighted by atomic mass is 19.1. The third-order valence-electron chi connectivity index (χ3n) is 4.01. The van der Waals surface area contributed by atoms with Gasteiger partial charge in [-0.05, 0) is 24.3 Å². The van der Waals surface area contributed by atoms with Crippen LogP contribution in [0.5, 0.6) is 0 Å². The Kier molecular flexibility index (Phi) is 5.43. The number of anilines is 1. The van der Waals surface area contributed by atoms with Gasteiger partial charge in [-0.2, -0.15) is 9.94 Å². The van der Waals surface area contributed by atoms with Crippen molar-refractivity contribution in [3.05, 3.63) is 85.2 Å². The van der Waals surface area contributed by atoms with Gasteiger partial charge in [-0.25, -0.2) is 4.39 Å². The lowest BCUT2D eigenvalue weighted by Gasteiger charge is -2.23. The number of nitriles is 1. The molecule has 0 unspecified atom stereocenters. The van der Waals surface area contributed by atoms with E-state index in [-0.39, 0.29) is 0 Å². The van der Waals surface area contributed by atoms with Crippen LogP contribution in [0.1, 0.15) is 5.56 Å². The van der Waals surface area contributed by atoms with E-state index in [1.165, 1.54) is 10.7 Å². The van der Waals surface area contributed by atoms with Gasteiger partial charge in [0.2, 0.25) is 0 Å². The van der Waals surface area contributed by atoms with Crippen LogP contribution in [-0.4, -0.2) is 28.1 Å². The number of aromatic nitrogens is 3. The fourth-order valence-electron chi connectivity index (χ4n) is 2.79. The maximum atomic E-state index is 14.4. The van der Waals surface area contributed by atoms with Gasteiger partial charge in [-0.3, -0.25) is 0 Å². The quantitative estimate of drug-likeness (QED) is 0.595. The third kappa shape index (κ3) is 3.62. The summed E-state index contributed by atoms with van der Waals surface area (Å²) in [5.41, 5.74) is 2.23. The van der Waals surface area contributed by atoms with Crippen molar-refractivity contribution in [2.24, 2.45) is 0 Å². The monoisotopic (exact) mass is 359 g/mol. The van der Waals surface area contributed by atoms with E-state index in [1.807, 2.05) is 4.90 Å². The van der Waals surface area contributed by atoms with Gasteiger partial charge in [0.25, 0.3) is 0 Å². The highest BCUT2D eigenvalue weighted by molar-refractivity contribution is 5.74. The second-order valence-electron chi connectivity index (χ2n) is 5.80. The third-order valence-corrected chi connectivity index (χ3v) is 4.01. The highest BCUT2D eigenvalue weighted by Crippen LogP contribution is 2.31. The molecule has 0 atom stereocenters. The van der Waals surface area contributed by atoms with Crippen LogP contribution in [0, 0.1) is 17.1 Å². The van der Waals surface area contributed by atoms with Gasteiger partial charge >= 0.3 is 0 Å². The van der Waals surface area contributed by atoms with Crippen LogP contribution in [0.15, 0.2) is 73.8 Å². The average molecular weight is 359 g/mol. The van der Waals surface area contributed by atoms with Crippen LogP contribution >= 0.6 is 0 Å². The summed E-state index contributed by atoms with van der Waals surface area (Å²) < 4.78 is 15.9. The molecular formula is C21H18FN5. The zero-order valence-electron chi connectivity index (χ0n) is 14.7. The summed E-state index contributed by atoms with van der Waals surface area (Å²) in [5, 5.41) is 17.5. The standard InChI is InChI=1S/C21H18FN5/c1-3-13-26(14-4-2)21-20(17-11-9-16(15-23)10-12-17)24-25-27(21)19-8-6-5-7-18(19)22/h3-12H,1-2,13-14H2. The summed E-state index contributed by atoms with van der Waals surface area (Å²) in [4.78, 5) is 1.96. The molecule has 0 saturated carbocycles. The maximum Gasteiger partial charge on any atom is 0.161 e. The Morgan fingerprint density at radius 1 is 1.07 bits per heavy atom. The fourth-order valence-corrected chi connectivity index (χ4v) is 2.79. The van der Waals surface area contributed by atoms with Crippen molar-refractivity contribution in [3.8, 4) is 23.0 Å². The number of nitrogens with zero attached hydrogens (tertiary/aromatic N) is 5. The Morgan fingerprint density at radius 2 is 1.74 bits per heavy atom. The second kappa shape index (κ2) is 8.11. The number of hydrogen-bond acceptors (Lipinski definition) is 4. The van der Waals surface area contributed by atoms with Crippen LogP contribution in [0.25, 0.3) is 16.9 Å². The van der Waals surface area contributed by atoms with Crippen molar-refractivity contribution in [1.82, 2.24) is 15.0 Å². The molecule has 1 heterocycles. The molecule has 5 nitrogen and oxygen atoms in total. The van der Waals surface area contributed by atoms with Crippen molar-refractivity contribution in [3.63, 3.8) is 0 Å². The van der Waals surface area contributed by atoms with Gasteiger partial charge in [-0.15, -0.1) is 18.3 Å². The second-order valence-corrected chi connectivity index (χ2v) is 5.80. The lowest BCUT2D eigenvalue weighted by Crippen LogP contribution is -2.26. The van der Waals surface area contributed by atoms with Gasteiger partial charge in [0.15, 0.2) is 5.82 Å². The van der Waals surface area contributed by atoms with E-state index >= 15 is 0 Å². The van der Waals surface area contributed by atoms with Gasteiger partial charge in [0.05, 0.1) is 11.6 Å². The van der Waals surface area contributed by atoms with Crippen molar-refractivity contribution in [2.45, 2.75) is 0 Å². The maximum absolute atomic E-state index is 14.4. The van der Waals surface area contributed by atoms with Crippen molar-refractivity contribution >= 4 is 5.82 Å². The first-order valence-corrected chi connectivity index (χ1v) is 8.37. The number of benzene rings is 2. The zero-order chi connectivity index (χ0) is 19.2. The van der Waals surface area contributed by atoms with Crippen LogP contribution in [-0.2, 0) is 0 Å². The Hall–Kier alpha value is -3.72. The van der Waals surface area contributed by atoms with Gasteiger partial charge < -0.3 is 4.90 Å². The van der Waals surface area contributed by atoms with Crippen molar-refractivity contribution in [1.29, 1.82) is 5.26 Å². The highest BCUT2D eigenvalue weighted by Gasteiger charge is 2.22. The lowest BCUT2D eigenvalue weighted by molar-refractivity contribution is 0.606. The molecule has 0 aliphatic rings. The van der Waals surface area contributed by atoms with Crippen molar-refractivity contribution < 1.29 is 4.39 Å². The fraction of sp³-hybridized carbons (Fsp3) is 0.0952. The SMILES string of the molecule is C=CCN(CC=C)c1c(-c2ccc(C#N)cc2)nnn1-c1ccccc1F. The molecule has 3 rings (SSSR count). The molecule has 0 saturated heterocycles. The van der Waals surface area contributed by atoms with E-state index in [0.29, 0.717) is 35.9 Å². The summed E-state index contributed by atoms with van der Waals surface area (Å²) in [6.45, 7) is 8.63. The molecule has 0 aliphatic heterocycles. The zero-order valence-corrected chi connectivity index (χ0v) is 14.7. The van der Waals surface area contributed by atoms with Gasteiger partial charge in [-0.1, -0.05) is 41.6 Å². The topological polar surface area (TPSA) is 57.7 Å². The van der Waals surface area contributed by atoms with E-state index in [0.717, 1.165) is 5.56 Å². The predicted molar refractivity (Wildman–Crippen MR) is 104 cm³/mol. The van der Waals surface area contributed by atoms with Crippen molar-refractivity contribution in [2.75, 3.05) is 18.0 Å². The van der Waals surface area contributed by atoms with Crippen LogP contribution in [0.2, 0.25) is 0 Å². The molecule has 0 spiro atoms. The van der Waals surface area contributed by atoms with E-state index < -0.39 is 5.82 Å². The minimum atomic E-state index is -0.396. The molecule has 134 valence electrons. The average Bonchev–Trinajstić information content (AvgIpc) is 3.13. The number of rotatable bonds is 7. The summed E-state index contributed by atoms with van der Waals surface area (Å²) in [5.74, 6) is 0.233. The van der Waals surface area contributed by atoms with E-state index in [4.69, 9.17) is 5.26 Å². The molecule has 0 radical (unpaired) electrons. The number of para-hydroxylation sites is 1. The van der Waals surface area contributed by atoms with E-state index in [1.54, 1.807) is 54.6 Å². The largest absolute Gasteiger partial charge is 0.347 e. The molecule has 27 heavy (non-hydrogen) atoms. The Labute approximate surface area is 157 Å². The van der Waals surface area contributed by atoms with E-state index in [2.05, 4.69) is 29.5 Å². The summed E-state index contributed by atoms with van der Waals surface area (Å²) in [6, 6.07) is 15.5. The lowest BCUT2D eigenvalue weighted by atomic mass is 10.1. The van der Waals surface area contributed by atoms with Crippen LogP contribution < -0.4 is 4.90 Å². The van der Waals surface area contributed by atoms with Crippen LogP contribution in [0.3, 0.4) is 0 Å². The minimum Gasteiger partial charge on any atom is -0.347 e. The first-order valence-electron chi connectivity index (χ1n) is 8.37. The Morgan fingerprint density at radius 3 is 2.33 bits per heavy atom. The molecule has 2 aromatic carbocycles. The molecule has 0 N–H and O–H groups in total. The minimum absolute atomic E-state index is 0.304. The van der Waals surface area contributed by atoms with Gasteiger partial charge in [0, 0.05) is 18.7 Å². The molecule has 1 aromatic heterocycles. The summed E-state index contributed by atoms with van der Waals surface area (Å²) in [6.07, 6.45) is 3.51. The Balaban J connectivity index is 2.21. The normalized spacial score (nSPS) is 10.2. The van der Waals surface area contributed by atoms with Crippen LogP contribution in [0.4, 0.5) is 10.2 Å². The predicted octanol–water partition coefficient (Wildman–Crippen LogP) is 4.12. The molecule has 0 amide bonds.